The van der Waals surface area contributed by atoms with Crippen LogP contribution in [0.2, 0.25) is 13.7 Å². The van der Waals surface area contributed by atoms with E-state index in [9.17, 15) is 0 Å². The van der Waals surface area contributed by atoms with Crippen LogP contribution in [0.25, 0.3) is 0 Å². The normalized spacial score (nSPS) is 13.2. The molecule has 0 fully saturated rings. The van der Waals surface area contributed by atoms with Gasteiger partial charge in [0.1, 0.15) is 0 Å². The van der Waals surface area contributed by atoms with E-state index in [4.69, 9.17) is 40.5 Å². The number of aromatic nitrogens is 2. The third-order valence-corrected chi connectivity index (χ3v) is 4.71. The minimum atomic E-state index is -0.441. The van der Waals surface area contributed by atoms with Gasteiger partial charge >= 0.3 is 0 Å². The Hall–Kier alpha value is -0.300. The van der Waals surface area contributed by atoms with Gasteiger partial charge in [-0.1, -0.05) is 34.8 Å². The molecule has 110 valence electrons. The molecule has 2 rings (SSSR count). The fourth-order valence-electron chi connectivity index (χ4n) is 1.87. The summed E-state index contributed by atoms with van der Waals surface area (Å²) in [6, 6.07) is 1.34. The molecule has 2 aromatic heterocycles. The Morgan fingerprint density at radius 1 is 1.40 bits per heavy atom. The fraction of sp³-hybridized carbons (Fsp3) is 0.417. The predicted molar refractivity (Wildman–Crippen MR) is 86.2 cm³/mol. The van der Waals surface area contributed by atoms with E-state index in [-0.39, 0.29) is 0 Å². The van der Waals surface area contributed by atoms with Crippen molar-refractivity contribution in [2.24, 2.45) is 5.73 Å². The van der Waals surface area contributed by atoms with Crippen LogP contribution in [-0.4, -0.2) is 35.3 Å². The lowest BCUT2D eigenvalue weighted by atomic mass is 10.1. The lowest BCUT2D eigenvalue weighted by Gasteiger charge is -2.16. The Bertz CT molecular complexity index is 594. The maximum Gasteiger partial charge on any atom is 0.0995 e. The average molecular weight is 354 g/mol. The lowest BCUT2D eigenvalue weighted by molar-refractivity contribution is 0.368. The summed E-state index contributed by atoms with van der Waals surface area (Å²) in [4.78, 5) is 2.07. The number of hydrogen-bond donors (Lipinski definition) is 1. The van der Waals surface area contributed by atoms with Crippen LogP contribution >= 0.6 is 46.1 Å². The number of halogens is 3. The molecule has 0 radical (unpaired) electrons. The van der Waals surface area contributed by atoms with Gasteiger partial charge in [0.15, 0.2) is 0 Å². The number of nitrogens with two attached hydrogens (primary N) is 1. The minimum Gasteiger partial charge on any atom is -0.319 e. The largest absolute Gasteiger partial charge is 0.319 e. The highest BCUT2D eigenvalue weighted by atomic mass is 35.5. The molecular weight excluding hydrogens is 339 g/mol. The van der Waals surface area contributed by atoms with Gasteiger partial charge in [0, 0.05) is 12.1 Å². The summed E-state index contributed by atoms with van der Waals surface area (Å²) in [6.07, 6.45) is 1.61. The Labute approximate surface area is 137 Å². The molecule has 0 spiro atoms. The summed E-state index contributed by atoms with van der Waals surface area (Å²) in [7, 11) is 4.00. The van der Waals surface area contributed by atoms with Gasteiger partial charge in [0.25, 0.3) is 0 Å². The zero-order chi connectivity index (χ0) is 14.9. The molecular formula is C12H15Cl3N4S. The maximum absolute atomic E-state index is 6.29. The van der Waals surface area contributed by atoms with Crippen molar-refractivity contribution in [3.05, 3.63) is 37.2 Å². The molecule has 0 saturated carbocycles. The molecule has 0 aliphatic heterocycles. The van der Waals surface area contributed by atoms with Gasteiger partial charge in [0.05, 0.1) is 38.2 Å². The highest BCUT2D eigenvalue weighted by molar-refractivity contribution is 7.20. The van der Waals surface area contributed by atoms with Crippen LogP contribution in [0.1, 0.15) is 17.3 Å². The molecule has 2 heterocycles. The molecule has 4 nitrogen and oxygen atoms in total. The zero-order valence-corrected chi connectivity index (χ0v) is 14.2. The van der Waals surface area contributed by atoms with Crippen LogP contribution in [0.3, 0.4) is 0 Å². The summed E-state index contributed by atoms with van der Waals surface area (Å²) < 4.78 is 3.00. The van der Waals surface area contributed by atoms with E-state index in [1.807, 2.05) is 18.8 Å². The first kappa shape index (κ1) is 16.1. The number of hydrogen-bond acceptors (Lipinski definition) is 4. The van der Waals surface area contributed by atoms with Crippen LogP contribution in [0.15, 0.2) is 12.3 Å². The Morgan fingerprint density at radius 3 is 2.65 bits per heavy atom. The molecule has 8 heteroatoms. The van der Waals surface area contributed by atoms with E-state index in [2.05, 4.69) is 10.00 Å². The summed E-state index contributed by atoms with van der Waals surface area (Å²) in [5.41, 5.74) is 7.82. The third kappa shape index (κ3) is 3.47. The summed E-state index contributed by atoms with van der Waals surface area (Å²) in [5.74, 6) is 0. The Kier molecular flexibility index (Phi) is 5.34. The number of thiophene rings is 1. The van der Waals surface area contributed by atoms with E-state index >= 15 is 0 Å². The van der Waals surface area contributed by atoms with Crippen molar-refractivity contribution >= 4 is 46.1 Å². The van der Waals surface area contributed by atoms with Crippen molar-refractivity contribution in [1.29, 1.82) is 0 Å². The quantitative estimate of drug-likeness (QED) is 0.894. The molecule has 0 amide bonds. The zero-order valence-electron chi connectivity index (χ0n) is 11.1. The van der Waals surface area contributed by atoms with E-state index < -0.39 is 6.04 Å². The summed E-state index contributed by atoms with van der Waals surface area (Å²) in [6.45, 7) is 1.55. The van der Waals surface area contributed by atoms with Crippen molar-refractivity contribution < 1.29 is 0 Å². The van der Waals surface area contributed by atoms with Gasteiger partial charge in [0.2, 0.25) is 0 Å². The van der Waals surface area contributed by atoms with Gasteiger partial charge in [-0.05, 0) is 20.2 Å². The molecule has 20 heavy (non-hydrogen) atoms. The first-order chi connectivity index (χ1) is 9.40. The van der Waals surface area contributed by atoms with E-state index in [0.717, 1.165) is 17.8 Å². The lowest BCUT2D eigenvalue weighted by Crippen LogP contribution is -2.23. The van der Waals surface area contributed by atoms with Crippen LogP contribution in [0, 0.1) is 0 Å². The molecule has 2 aromatic rings. The second-order valence-corrected chi connectivity index (χ2v) is 7.35. The van der Waals surface area contributed by atoms with Crippen LogP contribution in [-0.2, 0) is 6.54 Å². The Balaban J connectivity index is 2.31. The minimum absolute atomic E-state index is 0.441. The molecule has 0 aromatic carbocycles. The van der Waals surface area contributed by atoms with Gasteiger partial charge in [-0.2, -0.15) is 5.10 Å². The Morgan fingerprint density at radius 2 is 2.10 bits per heavy atom. The van der Waals surface area contributed by atoms with Gasteiger partial charge in [-0.25, -0.2) is 0 Å². The van der Waals surface area contributed by atoms with Crippen LogP contribution in [0.5, 0.6) is 0 Å². The first-order valence-corrected chi connectivity index (χ1v) is 7.91. The summed E-state index contributed by atoms with van der Waals surface area (Å²) in [5, 5.41) is 4.81. The molecule has 0 aliphatic rings. The third-order valence-electron chi connectivity index (χ3n) is 2.90. The highest BCUT2D eigenvalue weighted by Gasteiger charge is 2.22. The molecule has 0 bridgehead atoms. The van der Waals surface area contributed by atoms with E-state index in [1.54, 1.807) is 12.3 Å². The van der Waals surface area contributed by atoms with Gasteiger partial charge in [-0.15, -0.1) is 11.3 Å². The second kappa shape index (κ2) is 6.64. The molecule has 0 saturated heterocycles. The van der Waals surface area contributed by atoms with Crippen molar-refractivity contribution in [1.82, 2.24) is 14.7 Å². The topological polar surface area (TPSA) is 47.1 Å². The summed E-state index contributed by atoms with van der Waals surface area (Å²) >= 11 is 19.6. The smallest absolute Gasteiger partial charge is 0.0995 e. The standard InChI is InChI=1S/C12H15Cl3N4S/c1-18(2)3-4-19-11(8(13)6-17-19)10(16)7-5-9(14)20-12(7)15/h5-6,10H,3-4,16H2,1-2H3. The number of likely N-dealkylation sites (N-methyl/N-ethyl adjacent to an activating group) is 1. The van der Waals surface area contributed by atoms with Crippen molar-refractivity contribution in [2.75, 3.05) is 20.6 Å². The molecule has 1 unspecified atom stereocenters. The monoisotopic (exact) mass is 352 g/mol. The number of rotatable bonds is 5. The molecule has 2 N–H and O–H groups in total. The average Bonchev–Trinajstić information content (AvgIpc) is 2.89. The highest BCUT2D eigenvalue weighted by Crippen LogP contribution is 2.37. The molecule has 1 atom stereocenters. The van der Waals surface area contributed by atoms with Crippen molar-refractivity contribution in [2.45, 2.75) is 12.6 Å². The molecule has 0 aliphatic carbocycles. The van der Waals surface area contributed by atoms with Gasteiger partial charge in [-0.3, -0.25) is 4.68 Å². The van der Waals surface area contributed by atoms with E-state index in [1.165, 1.54) is 11.3 Å². The van der Waals surface area contributed by atoms with Crippen molar-refractivity contribution in [3.63, 3.8) is 0 Å². The van der Waals surface area contributed by atoms with Crippen LogP contribution < -0.4 is 5.73 Å². The van der Waals surface area contributed by atoms with Crippen molar-refractivity contribution in [3.8, 4) is 0 Å². The fourth-order valence-corrected chi connectivity index (χ4v) is 3.67. The SMILES string of the molecule is CN(C)CCn1ncc(Cl)c1C(N)c1cc(Cl)sc1Cl. The van der Waals surface area contributed by atoms with Crippen LogP contribution in [0.4, 0.5) is 0 Å². The first-order valence-electron chi connectivity index (χ1n) is 5.96. The number of nitrogens with zero attached hydrogens (tertiary/aromatic N) is 3. The van der Waals surface area contributed by atoms with Gasteiger partial charge < -0.3 is 10.6 Å². The maximum atomic E-state index is 6.29. The van der Waals surface area contributed by atoms with E-state index in [0.29, 0.717) is 20.2 Å². The predicted octanol–water partition coefficient (Wildman–Crippen LogP) is 3.51. The second-order valence-electron chi connectivity index (χ2n) is 4.66.